The van der Waals surface area contributed by atoms with Crippen LogP contribution < -0.4 is 15.5 Å². The molecule has 4 rings (SSSR count). The number of anilines is 2. The lowest BCUT2D eigenvalue weighted by atomic mass is 10.1. The van der Waals surface area contributed by atoms with Crippen LogP contribution in [0.2, 0.25) is 5.02 Å². The maximum absolute atomic E-state index is 12.4. The molecule has 150 valence electrons. The van der Waals surface area contributed by atoms with Gasteiger partial charge in [0.1, 0.15) is 5.82 Å². The normalized spacial score (nSPS) is 14.2. The van der Waals surface area contributed by atoms with Crippen LogP contribution in [0, 0.1) is 6.92 Å². The predicted octanol–water partition coefficient (Wildman–Crippen LogP) is 4.18. The largest absolute Gasteiger partial charge is 0.354 e. The minimum absolute atomic E-state index is 0.00218. The quantitative estimate of drug-likeness (QED) is 0.665. The van der Waals surface area contributed by atoms with Crippen molar-refractivity contribution in [3.8, 4) is 0 Å². The van der Waals surface area contributed by atoms with Gasteiger partial charge in [-0.3, -0.25) is 4.79 Å². The Bertz CT molecular complexity index is 1010. The lowest BCUT2D eigenvalue weighted by molar-refractivity contribution is -0.116. The first-order chi connectivity index (χ1) is 14.1. The maximum atomic E-state index is 12.4. The van der Waals surface area contributed by atoms with Crippen LogP contribution in [0.3, 0.4) is 0 Å². The summed E-state index contributed by atoms with van der Waals surface area (Å²) in [6.07, 6.45) is 1.12. The number of carbonyl (C=O) groups is 1. The van der Waals surface area contributed by atoms with E-state index in [1.165, 1.54) is 5.56 Å². The van der Waals surface area contributed by atoms with Gasteiger partial charge in [0, 0.05) is 48.7 Å². The maximum Gasteiger partial charge on any atom is 0.224 e. The van der Waals surface area contributed by atoms with E-state index in [1.807, 2.05) is 42.5 Å². The second-order valence-corrected chi connectivity index (χ2v) is 7.88. The summed E-state index contributed by atoms with van der Waals surface area (Å²) in [7, 11) is 0. The fourth-order valence-electron chi connectivity index (χ4n) is 3.64. The summed E-state index contributed by atoms with van der Waals surface area (Å²) in [6.45, 7) is 6.01. The molecule has 3 aromatic rings. The van der Waals surface area contributed by atoms with E-state index in [2.05, 4.69) is 28.5 Å². The van der Waals surface area contributed by atoms with Crippen LogP contribution in [0.1, 0.15) is 17.5 Å². The molecule has 2 aromatic carbocycles. The molecule has 1 fully saturated rings. The fourth-order valence-corrected chi connectivity index (χ4v) is 3.77. The standard InChI is InChI=1S/C23H25ClN4O/c1-16-14-22(28-12-10-25-11-13-28)27-21-8-7-19(15-20(16)21)26-23(29)9-4-17-2-5-18(24)6-3-17/h2-3,5-8,14-15,25H,4,9-13H2,1H3,(H,26,29). The van der Waals surface area contributed by atoms with Gasteiger partial charge < -0.3 is 15.5 Å². The molecule has 0 radical (unpaired) electrons. The van der Waals surface area contributed by atoms with Crippen molar-refractivity contribution >= 4 is 39.9 Å². The molecule has 6 heteroatoms. The highest BCUT2D eigenvalue weighted by Crippen LogP contribution is 2.25. The van der Waals surface area contributed by atoms with E-state index in [0.717, 1.165) is 54.2 Å². The highest BCUT2D eigenvalue weighted by Gasteiger charge is 2.14. The Balaban J connectivity index is 1.44. The Kier molecular flexibility index (Phi) is 5.97. The van der Waals surface area contributed by atoms with E-state index >= 15 is 0 Å². The minimum Gasteiger partial charge on any atom is -0.354 e. The number of nitrogens with one attached hydrogen (secondary N) is 2. The second-order valence-electron chi connectivity index (χ2n) is 7.44. The molecule has 0 unspecified atom stereocenters. The van der Waals surface area contributed by atoms with Crippen LogP contribution in [-0.2, 0) is 11.2 Å². The SMILES string of the molecule is Cc1cc(N2CCNCC2)nc2ccc(NC(=O)CCc3ccc(Cl)cc3)cc12. The van der Waals surface area contributed by atoms with Gasteiger partial charge in [-0.25, -0.2) is 4.98 Å². The van der Waals surface area contributed by atoms with E-state index in [9.17, 15) is 4.79 Å². The highest BCUT2D eigenvalue weighted by molar-refractivity contribution is 6.30. The number of pyridine rings is 1. The van der Waals surface area contributed by atoms with Gasteiger partial charge in [0.2, 0.25) is 5.91 Å². The van der Waals surface area contributed by atoms with E-state index < -0.39 is 0 Å². The van der Waals surface area contributed by atoms with Crippen LogP contribution in [0.25, 0.3) is 10.9 Å². The summed E-state index contributed by atoms with van der Waals surface area (Å²) in [5, 5.41) is 8.15. The lowest BCUT2D eigenvalue weighted by Gasteiger charge is -2.29. The van der Waals surface area contributed by atoms with Crippen molar-refractivity contribution in [3.05, 3.63) is 64.7 Å². The molecule has 1 saturated heterocycles. The van der Waals surface area contributed by atoms with Crippen LogP contribution in [0.5, 0.6) is 0 Å². The molecular weight excluding hydrogens is 384 g/mol. The number of nitrogens with zero attached hydrogens (tertiary/aromatic N) is 2. The lowest BCUT2D eigenvalue weighted by Crippen LogP contribution is -2.43. The fraction of sp³-hybridized carbons (Fsp3) is 0.304. The van der Waals surface area contributed by atoms with Gasteiger partial charge in [0.05, 0.1) is 5.52 Å². The molecule has 0 atom stereocenters. The summed E-state index contributed by atoms with van der Waals surface area (Å²) in [6, 6.07) is 15.7. The number of aryl methyl sites for hydroxylation is 2. The van der Waals surface area contributed by atoms with Crippen LogP contribution in [-0.4, -0.2) is 37.1 Å². The molecule has 0 saturated carbocycles. The van der Waals surface area contributed by atoms with Gasteiger partial charge in [-0.15, -0.1) is 0 Å². The number of amides is 1. The molecule has 0 bridgehead atoms. The Morgan fingerprint density at radius 3 is 2.66 bits per heavy atom. The molecule has 1 amide bonds. The zero-order chi connectivity index (χ0) is 20.2. The van der Waals surface area contributed by atoms with Gasteiger partial charge in [-0.05, 0) is 60.9 Å². The van der Waals surface area contributed by atoms with Crippen molar-refractivity contribution in [2.24, 2.45) is 0 Å². The molecule has 29 heavy (non-hydrogen) atoms. The number of rotatable bonds is 5. The number of benzene rings is 2. The minimum atomic E-state index is 0.00218. The predicted molar refractivity (Wildman–Crippen MR) is 120 cm³/mol. The van der Waals surface area contributed by atoms with E-state index in [0.29, 0.717) is 17.9 Å². The summed E-state index contributed by atoms with van der Waals surface area (Å²) in [5.41, 5.74) is 4.03. The smallest absolute Gasteiger partial charge is 0.224 e. The van der Waals surface area contributed by atoms with Crippen molar-refractivity contribution in [1.29, 1.82) is 0 Å². The van der Waals surface area contributed by atoms with Crippen LogP contribution in [0.15, 0.2) is 48.5 Å². The molecule has 2 N–H and O–H groups in total. The van der Waals surface area contributed by atoms with Crippen LogP contribution >= 0.6 is 11.6 Å². The van der Waals surface area contributed by atoms with Crippen LogP contribution in [0.4, 0.5) is 11.5 Å². The Morgan fingerprint density at radius 1 is 1.14 bits per heavy atom. The number of piperazine rings is 1. The van der Waals surface area contributed by atoms with Crippen molar-refractivity contribution in [2.75, 3.05) is 36.4 Å². The average molecular weight is 409 g/mol. The van der Waals surface area contributed by atoms with Gasteiger partial charge in [-0.2, -0.15) is 0 Å². The summed E-state index contributed by atoms with van der Waals surface area (Å²) in [4.78, 5) is 19.5. The zero-order valence-corrected chi connectivity index (χ0v) is 17.3. The number of aromatic nitrogens is 1. The Morgan fingerprint density at radius 2 is 1.90 bits per heavy atom. The van der Waals surface area contributed by atoms with Gasteiger partial charge >= 0.3 is 0 Å². The van der Waals surface area contributed by atoms with Crippen molar-refractivity contribution in [2.45, 2.75) is 19.8 Å². The molecule has 1 aliphatic rings. The molecule has 1 aliphatic heterocycles. The van der Waals surface area contributed by atoms with Gasteiger partial charge in [-0.1, -0.05) is 23.7 Å². The topological polar surface area (TPSA) is 57.3 Å². The van der Waals surface area contributed by atoms with Crippen molar-refractivity contribution < 1.29 is 4.79 Å². The first-order valence-electron chi connectivity index (χ1n) is 10.00. The van der Waals surface area contributed by atoms with Gasteiger partial charge in [0.15, 0.2) is 0 Å². The van der Waals surface area contributed by atoms with Gasteiger partial charge in [0.25, 0.3) is 0 Å². The molecule has 0 spiro atoms. The van der Waals surface area contributed by atoms with E-state index in [4.69, 9.17) is 16.6 Å². The number of hydrogen-bond acceptors (Lipinski definition) is 4. The third kappa shape index (κ3) is 4.86. The average Bonchev–Trinajstić information content (AvgIpc) is 2.74. The van der Waals surface area contributed by atoms with E-state index in [1.54, 1.807) is 0 Å². The molecule has 0 aliphatic carbocycles. The molecule has 5 nitrogen and oxygen atoms in total. The third-order valence-corrected chi connectivity index (χ3v) is 5.53. The monoisotopic (exact) mass is 408 g/mol. The van der Waals surface area contributed by atoms with E-state index in [-0.39, 0.29) is 5.91 Å². The zero-order valence-electron chi connectivity index (χ0n) is 16.5. The highest BCUT2D eigenvalue weighted by atomic mass is 35.5. The Labute approximate surface area is 176 Å². The third-order valence-electron chi connectivity index (χ3n) is 5.28. The summed E-state index contributed by atoms with van der Waals surface area (Å²) < 4.78 is 0. The van der Waals surface area contributed by atoms with Crippen molar-refractivity contribution in [1.82, 2.24) is 10.3 Å². The summed E-state index contributed by atoms with van der Waals surface area (Å²) in [5.74, 6) is 1.03. The molecule has 2 heterocycles. The first-order valence-corrected chi connectivity index (χ1v) is 10.4. The first kappa shape index (κ1) is 19.7. The number of halogens is 1. The molecular formula is C23H25ClN4O. The Hall–Kier alpha value is -2.63. The molecule has 1 aromatic heterocycles. The number of hydrogen-bond donors (Lipinski definition) is 2. The number of fused-ring (bicyclic) bond motifs is 1. The van der Waals surface area contributed by atoms with Crippen molar-refractivity contribution in [3.63, 3.8) is 0 Å². The number of carbonyl (C=O) groups excluding carboxylic acids is 1. The summed E-state index contributed by atoms with van der Waals surface area (Å²) >= 11 is 5.91. The second kappa shape index (κ2) is 8.80.